The molecule has 4 heteroatoms. The van der Waals surface area contributed by atoms with Crippen molar-refractivity contribution in [3.8, 4) is 11.5 Å². The predicted molar refractivity (Wildman–Crippen MR) is 88.1 cm³/mol. The van der Waals surface area contributed by atoms with Crippen LogP contribution in [0.4, 0.5) is 5.69 Å². The van der Waals surface area contributed by atoms with Crippen molar-refractivity contribution >= 4 is 21.6 Å². The second-order valence-electron chi connectivity index (χ2n) is 5.43. The Labute approximate surface area is 133 Å². The fraction of sp³-hybridized carbons (Fsp3) is 0.294. The minimum absolute atomic E-state index is 0.301. The van der Waals surface area contributed by atoms with E-state index in [-0.39, 0.29) is 0 Å². The molecule has 0 radical (unpaired) electrons. The summed E-state index contributed by atoms with van der Waals surface area (Å²) in [7, 11) is 0. The molecular weight excluding hydrogens is 330 g/mol. The van der Waals surface area contributed by atoms with Crippen LogP contribution in [-0.4, -0.2) is 6.79 Å². The van der Waals surface area contributed by atoms with Crippen LogP contribution in [0.15, 0.2) is 40.9 Å². The molecule has 0 aromatic heterocycles. The maximum absolute atomic E-state index is 5.42. The molecule has 0 aliphatic carbocycles. The van der Waals surface area contributed by atoms with Crippen LogP contribution in [0.1, 0.15) is 30.9 Å². The molecule has 2 aromatic carbocycles. The van der Waals surface area contributed by atoms with Crippen LogP contribution in [0.5, 0.6) is 11.5 Å². The summed E-state index contributed by atoms with van der Waals surface area (Å²) >= 11 is 3.58. The number of fused-ring (bicyclic) bond motifs is 1. The Bertz CT molecular complexity index is 638. The molecule has 0 saturated heterocycles. The van der Waals surface area contributed by atoms with Gasteiger partial charge < -0.3 is 14.8 Å². The van der Waals surface area contributed by atoms with E-state index in [4.69, 9.17) is 9.47 Å². The zero-order chi connectivity index (χ0) is 14.8. The van der Waals surface area contributed by atoms with E-state index in [2.05, 4.69) is 59.4 Å². The zero-order valence-corrected chi connectivity index (χ0v) is 13.7. The van der Waals surface area contributed by atoms with Crippen molar-refractivity contribution in [2.24, 2.45) is 0 Å². The van der Waals surface area contributed by atoms with Crippen molar-refractivity contribution in [3.05, 3.63) is 52.0 Å². The lowest BCUT2D eigenvalue weighted by Gasteiger charge is -2.11. The van der Waals surface area contributed by atoms with E-state index in [1.807, 2.05) is 12.1 Å². The molecule has 1 aliphatic heterocycles. The van der Waals surface area contributed by atoms with Crippen molar-refractivity contribution in [1.29, 1.82) is 0 Å². The average Bonchev–Trinajstić information content (AvgIpc) is 2.92. The highest BCUT2D eigenvalue weighted by atomic mass is 79.9. The highest BCUT2D eigenvalue weighted by molar-refractivity contribution is 9.10. The third-order valence-corrected chi connectivity index (χ3v) is 4.34. The molecule has 0 spiro atoms. The number of nitrogens with one attached hydrogen (secondary N) is 1. The highest BCUT2D eigenvalue weighted by Gasteiger charge is 2.16. The lowest BCUT2D eigenvalue weighted by Crippen LogP contribution is -2.00. The number of anilines is 1. The SMILES string of the molecule is CC(C)c1ccc(NCc2cc3c(cc2Br)OCO3)cc1. The number of benzene rings is 2. The number of rotatable bonds is 4. The smallest absolute Gasteiger partial charge is 0.231 e. The molecule has 2 aromatic rings. The van der Waals surface area contributed by atoms with E-state index in [0.29, 0.717) is 12.7 Å². The maximum atomic E-state index is 5.42. The van der Waals surface area contributed by atoms with Crippen molar-refractivity contribution < 1.29 is 9.47 Å². The van der Waals surface area contributed by atoms with Gasteiger partial charge in [0.25, 0.3) is 0 Å². The summed E-state index contributed by atoms with van der Waals surface area (Å²) in [5.41, 5.74) is 3.61. The Morgan fingerprint density at radius 1 is 1.10 bits per heavy atom. The monoisotopic (exact) mass is 347 g/mol. The van der Waals surface area contributed by atoms with Crippen LogP contribution < -0.4 is 14.8 Å². The average molecular weight is 348 g/mol. The topological polar surface area (TPSA) is 30.5 Å². The summed E-state index contributed by atoms with van der Waals surface area (Å²) in [5, 5.41) is 3.43. The van der Waals surface area contributed by atoms with Crippen molar-refractivity contribution in [3.63, 3.8) is 0 Å². The van der Waals surface area contributed by atoms with Gasteiger partial charge in [-0.15, -0.1) is 0 Å². The number of ether oxygens (including phenoxy) is 2. The molecular formula is C17H18BrNO2. The Kier molecular flexibility index (Phi) is 4.06. The summed E-state index contributed by atoms with van der Waals surface area (Å²) in [6, 6.07) is 12.6. The van der Waals surface area contributed by atoms with Gasteiger partial charge in [0.15, 0.2) is 11.5 Å². The quantitative estimate of drug-likeness (QED) is 0.851. The number of hydrogen-bond acceptors (Lipinski definition) is 3. The van der Waals surface area contributed by atoms with Gasteiger partial charge >= 0.3 is 0 Å². The molecule has 1 heterocycles. The summed E-state index contributed by atoms with van der Waals surface area (Å²) in [6.07, 6.45) is 0. The first-order chi connectivity index (χ1) is 10.1. The van der Waals surface area contributed by atoms with Gasteiger partial charge in [-0.05, 0) is 41.3 Å². The van der Waals surface area contributed by atoms with Crippen LogP contribution in [0.3, 0.4) is 0 Å². The van der Waals surface area contributed by atoms with E-state index in [9.17, 15) is 0 Å². The van der Waals surface area contributed by atoms with Crippen molar-refractivity contribution in [2.45, 2.75) is 26.3 Å². The van der Waals surface area contributed by atoms with Crippen LogP contribution in [-0.2, 0) is 6.54 Å². The first-order valence-corrected chi connectivity index (χ1v) is 7.84. The molecule has 21 heavy (non-hydrogen) atoms. The lowest BCUT2D eigenvalue weighted by molar-refractivity contribution is 0.174. The highest BCUT2D eigenvalue weighted by Crippen LogP contribution is 2.37. The first kappa shape index (κ1) is 14.3. The third kappa shape index (κ3) is 3.16. The van der Waals surface area contributed by atoms with Gasteiger partial charge in [0.1, 0.15) is 0 Å². The van der Waals surface area contributed by atoms with Gasteiger partial charge in [0, 0.05) is 16.7 Å². The minimum Gasteiger partial charge on any atom is -0.454 e. The van der Waals surface area contributed by atoms with Gasteiger partial charge in [-0.1, -0.05) is 41.9 Å². The Morgan fingerprint density at radius 2 is 1.76 bits per heavy atom. The molecule has 1 aliphatic rings. The van der Waals surface area contributed by atoms with Gasteiger partial charge in [0.05, 0.1) is 0 Å². The molecule has 110 valence electrons. The predicted octanol–water partition coefficient (Wildman–Crippen LogP) is 4.91. The Morgan fingerprint density at radius 3 is 2.43 bits per heavy atom. The van der Waals surface area contributed by atoms with Gasteiger partial charge in [0.2, 0.25) is 6.79 Å². The van der Waals surface area contributed by atoms with E-state index >= 15 is 0 Å². The molecule has 1 N–H and O–H groups in total. The van der Waals surface area contributed by atoms with E-state index < -0.39 is 0 Å². The fourth-order valence-corrected chi connectivity index (χ4v) is 2.74. The van der Waals surface area contributed by atoms with Crippen molar-refractivity contribution in [1.82, 2.24) is 0 Å². The van der Waals surface area contributed by atoms with Crippen LogP contribution in [0, 0.1) is 0 Å². The summed E-state index contributed by atoms with van der Waals surface area (Å²) in [4.78, 5) is 0. The standard InChI is InChI=1S/C17H18BrNO2/c1-11(2)12-3-5-14(6-4-12)19-9-13-7-16-17(8-15(13)18)21-10-20-16/h3-8,11,19H,9-10H2,1-2H3. The third-order valence-electron chi connectivity index (χ3n) is 3.60. The van der Waals surface area contributed by atoms with Crippen LogP contribution in [0.25, 0.3) is 0 Å². The van der Waals surface area contributed by atoms with Crippen molar-refractivity contribution in [2.75, 3.05) is 12.1 Å². The van der Waals surface area contributed by atoms with E-state index in [1.165, 1.54) is 5.56 Å². The maximum Gasteiger partial charge on any atom is 0.231 e. The minimum atomic E-state index is 0.301. The number of halogens is 1. The molecule has 0 atom stereocenters. The molecule has 3 nitrogen and oxygen atoms in total. The molecule has 0 saturated carbocycles. The zero-order valence-electron chi connectivity index (χ0n) is 12.2. The molecule has 0 unspecified atom stereocenters. The Balaban J connectivity index is 1.70. The summed E-state index contributed by atoms with van der Waals surface area (Å²) in [6.45, 7) is 5.44. The molecule has 0 amide bonds. The van der Waals surface area contributed by atoms with Crippen LogP contribution >= 0.6 is 15.9 Å². The largest absolute Gasteiger partial charge is 0.454 e. The summed E-state index contributed by atoms with van der Waals surface area (Å²) < 4.78 is 11.8. The lowest BCUT2D eigenvalue weighted by atomic mass is 10.0. The van der Waals surface area contributed by atoms with E-state index in [1.54, 1.807) is 0 Å². The van der Waals surface area contributed by atoms with Gasteiger partial charge in [-0.3, -0.25) is 0 Å². The molecule has 3 rings (SSSR count). The second kappa shape index (κ2) is 5.98. The first-order valence-electron chi connectivity index (χ1n) is 7.05. The van der Waals surface area contributed by atoms with Gasteiger partial charge in [-0.25, -0.2) is 0 Å². The Hall–Kier alpha value is -1.68. The summed E-state index contributed by atoms with van der Waals surface area (Å²) in [5.74, 6) is 2.17. The van der Waals surface area contributed by atoms with Crippen LogP contribution in [0.2, 0.25) is 0 Å². The number of hydrogen-bond donors (Lipinski definition) is 1. The van der Waals surface area contributed by atoms with E-state index in [0.717, 1.165) is 33.8 Å². The molecule has 0 bridgehead atoms. The fourth-order valence-electron chi connectivity index (χ4n) is 2.28. The van der Waals surface area contributed by atoms with Gasteiger partial charge in [-0.2, -0.15) is 0 Å². The normalized spacial score (nSPS) is 12.8. The molecule has 0 fully saturated rings. The second-order valence-corrected chi connectivity index (χ2v) is 6.28.